The van der Waals surface area contributed by atoms with Gasteiger partial charge in [-0.25, -0.2) is 9.97 Å². The smallest absolute Gasteiger partial charge is 0.225 e. The number of halogens is 1. The van der Waals surface area contributed by atoms with Crippen LogP contribution in [0.2, 0.25) is 5.28 Å². The normalized spacial score (nSPS) is 11.4. The first kappa shape index (κ1) is 14.5. The number of thiophene rings is 1. The van der Waals surface area contributed by atoms with E-state index in [9.17, 15) is 0 Å². The summed E-state index contributed by atoms with van der Waals surface area (Å²) in [6.07, 6.45) is 1.09. The molecular formula is C13H18ClN3OS. The molecule has 1 N–H and O–H groups in total. The molecule has 0 fully saturated rings. The third-order valence-corrected chi connectivity index (χ3v) is 3.65. The topological polar surface area (TPSA) is 47.0 Å². The van der Waals surface area contributed by atoms with E-state index in [2.05, 4.69) is 29.1 Å². The molecule has 4 nitrogen and oxygen atoms in total. The third-order valence-electron chi connectivity index (χ3n) is 2.68. The zero-order chi connectivity index (χ0) is 13.7. The Morgan fingerprint density at radius 3 is 3.00 bits per heavy atom. The molecule has 2 rings (SSSR count). The Labute approximate surface area is 122 Å². The lowest BCUT2D eigenvalue weighted by Crippen LogP contribution is -2.12. The molecule has 0 bridgehead atoms. The SMILES string of the molecule is CC(C)CCOCCNc1nc(Cl)nc2sccc12. The molecule has 2 aromatic heterocycles. The van der Waals surface area contributed by atoms with E-state index in [-0.39, 0.29) is 5.28 Å². The van der Waals surface area contributed by atoms with Gasteiger partial charge in [0.15, 0.2) is 0 Å². The van der Waals surface area contributed by atoms with Gasteiger partial charge in [-0.05, 0) is 35.4 Å². The number of nitrogens with one attached hydrogen (secondary N) is 1. The van der Waals surface area contributed by atoms with Crippen molar-refractivity contribution in [1.29, 1.82) is 0 Å². The summed E-state index contributed by atoms with van der Waals surface area (Å²) in [6.45, 7) is 6.57. The number of ether oxygens (including phenoxy) is 1. The molecule has 0 atom stereocenters. The Balaban J connectivity index is 1.83. The number of hydrogen-bond donors (Lipinski definition) is 1. The molecule has 2 aromatic rings. The molecule has 0 radical (unpaired) electrons. The number of nitrogens with zero attached hydrogens (tertiary/aromatic N) is 2. The van der Waals surface area contributed by atoms with Gasteiger partial charge in [0.1, 0.15) is 10.6 Å². The van der Waals surface area contributed by atoms with E-state index < -0.39 is 0 Å². The zero-order valence-electron chi connectivity index (χ0n) is 11.1. The Hall–Kier alpha value is -0.910. The predicted molar refractivity (Wildman–Crippen MR) is 81.2 cm³/mol. The summed E-state index contributed by atoms with van der Waals surface area (Å²) in [5, 5.41) is 6.52. The van der Waals surface area contributed by atoms with E-state index in [1.54, 1.807) is 11.3 Å². The molecule has 0 amide bonds. The maximum atomic E-state index is 5.89. The fourth-order valence-corrected chi connectivity index (χ4v) is 2.61. The fourth-order valence-electron chi connectivity index (χ4n) is 1.63. The Bertz CT molecular complexity index is 530. The lowest BCUT2D eigenvalue weighted by molar-refractivity contribution is 0.132. The van der Waals surface area contributed by atoms with Crippen molar-refractivity contribution >= 4 is 39.0 Å². The van der Waals surface area contributed by atoms with Crippen LogP contribution in [0.4, 0.5) is 5.82 Å². The first-order valence-corrected chi connectivity index (χ1v) is 7.65. The molecular weight excluding hydrogens is 282 g/mol. The largest absolute Gasteiger partial charge is 0.380 e. The van der Waals surface area contributed by atoms with E-state index in [1.165, 1.54) is 0 Å². The Morgan fingerprint density at radius 1 is 1.37 bits per heavy atom. The molecule has 0 aliphatic rings. The molecule has 19 heavy (non-hydrogen) atoms. The van der Waals surface area contributed by atoms with Crippen LogP contribution >= 0.6 is 22.9 Å². The van der Waals surface area contributed by atoms with Crippen molar-refractivity contribution in [2.24, 2.45) is 5.92 Å². The first-order valence-electron chi connectivity index (χ1n) is 6.39. The van der Waals surface area contributed by atoms with Crippen molar-refractivity contribution in [2.45, 2.75) is 20.3 Å². The summed E-state index contributed by atoms with van der Waals surface area (Å²) in [4.78, 5) is 9.29. The number of anilines is 1. The number of rotatable bonds is 7. The van der Waals surface area contributed by atoms with Gasteiger partial charge in [-0.15, -0.1) is 11.3 Å². The van der Waals surface area contributed by atoms with Gasteiger partial charge in [0, 0.05) is 13.2 Å². The van der Waals surface area contributed by atoms with Gasteiger partial charge < -0.3 is 10.1 Å². The number of fused-ring (bicyclic) bond motifs is 1. The minimum Gasteiger partial charge on any atom is -0.380 e. The molecule has 0 aliphatic carbocycles. The van der Waals surface area contributed by atoms with E-state index in [0.29, 0.717) is 12.5 Å². The van der Waals surface area contributed by atoms with Crippen LogP contribution in [0, 0.1) is 5.92 Å². The van der Waals surface area contributed by atoms with Crippen LogP contribution in [0.3, 0.4) is 0 Å². The summed E-state index contributed by atoms with van der Waals surface area (Å²) >= 11 is 7.45. The van der Waals surface area contributed by atoms with Crippen LogP contribution in [0.15, 0.2) is 11.4 Å². The highest BCUT2D eigenvalue weighted by Gasteiger charge is 2.07. The van der Waals surface area contributed by atoms with Crippen LogP contribution in [0.1, 0.15) is 20.3 Å². The molecule has 6 heteroatoms. The van der Waals surface area contributed by atoms with E-state index >= 15 is 0 Å². The summed E-state index contributed by atoms with van der Waals surface area (Å²) in [7, 11) is 0. The quantitative estimate of drug-likeness (QED) is 0.623. The molecule has 0 aromatic carbocycles. The number of hydrogen-bond acceptors (Lipinski definition) is 5. The Morgan fingerprint density at radius 2 is 2.21 bits per heavy atom. The van der Waals surface area contributed by atoms with Crippen molar-refractivity contribution < 1.29 is 4.74 Å². The highest BCUT2D eigenvalue weighted by Crippen LogP contribution is 2.26. The number of aromatic nitrogens is 2. The molecule has 0 unspecified atom stereocenters. The summed E-state index contributed by atoms with van der Waals surface area (Å²) in [5.74, 6) is 1.46. The van der Waals surface area contributed by atoms with Crippen molar-refractivity contribution in [2.75, 3.05) is 25.1 Å². The van der Waals surface area contributed by atoms with Crippen LogP contribution < -0.4 is 5.32 Å². The maximum Gasteiger partial charge on any atom is 0.225 e. The minimum absolute atomic E-state index is 0.276. The summed E-state index contributed by atoms with van der Waals surface area (Å²) in [5.41, 5.74) is 0. The zero-order valence-corrected chi connectivity index (χ0v) is 12.7. The van der Waals surface area contributed by atoms with Gasteiger partial charge in [0.05, 0.1) is 12.0 Å². The fraction of sp³-hybridized carbons (Fsp3) is 0.538. The maximum absolute atomic E-state index is 5.89. The van der Waals surface area contributed by atoms with Crippen molar-refractivity contribution in [1.82, 2.24) is 9.97 Å². The van der Waals surface area contributed by atoms with Gasteiger partial charge in [-0.2, -0.15) is 0 Å². The third kappa shape index (κ3) is 4.30. The highest BCUT2D eigenvalue weighted by atomic mass is 35.5. The van der Waals surface area contributed by atoms with Gasteiger partial charge in [-0.3, -0.25) is 0 Å². The molecule has 0 aliphatic heterocycles. The second-order valence-corrected chi connectivity index (χ2v) is 5.93. The van der Waals surface area contributed by atoms with Crippen molar-refractivity contribution in [3.63, 3.8) is 0 Å². The van der Waals surface area contributed by atoms with Crippen LogP contribution in [-0.4, -0.2) is 29.7 Å². The summed E-state index contributed by atoms with van der Waals surface area (Å²) < 4.78 is 5.55. The Kier molecular flexibility index (Phi) is 5.36. The second-order valence-electron chi connectivity index (χ2n) is 4.70. The van der Waals surface area contributed by atoms with E-state index in [0.717, 1.165) is 35.6 Å². The van der Waals surface area contributed by atoms with E-state index in [4.69, 9.17) is 16.3 Å². The average Bonchev–Trinajstić information content (AvgIpc) is 2.80. The van der Waals surface area contributed by atoms with Crippen LogP contribution in [0.25, 0.3) is 10.2 Å². The van der Waals surface area contributed by atoms with E-state index in [1.807, 2.05) is 11.4 Å². The van der Waals surface area contributed by atoms with Gasteiger partial charge in [0.25, 0.3) is 0 Å². The molecule has 0 saturated carbocycles. The van der Waals surface area contributed by atoms with Gasteiger partial charge in [0.2, 0.25) is 5.28 Å². The summed E-state index contributed by atoms with van der Waals surface area (Å²) in [6, 6.07) is 2.00. The second kappa shape index (κ2) is 7.03. The standard InChI is InChI=1S/C13H18ClN3OS/c1-9(2)3-6-18-7-5-15-11-10-4-8-19-12(10)17-13(14)16-11/h4,8-9H,3,5-7H2,1-2H3,(H,15,16,17). The minimum atomic E-state index is 0.276. The highest BCUT2D eigenvalue weighted by molar-refractivity contribution is 7.16. The molecule has 2 heterocycles. The predicted octanol–water partition coefficient (Wildman–Crippen LogP) is 3.82. The lowest BCUT2D eigenvalue weighted by atomic mass is 10.1. The van der Waals surface area contributed by atoms with Gasteiger partial charge >= 0.3 is 0 Å². The van der Waals surface area contributed by atoms with Crippen LogP contribution in [-0.2, 0) is 4.74 Å². The van der Waals surface area contributed by atoms with Crippen molar-refractivity contribution in [3.05, 3.63) is 16.7 Å². The molecule has 0 spiro atoms. The van der Waals surface area contributed by atoms with Crippen LogP contribution in [0.5, 0.6) is 0 Å². The lowest BCUT2D eigenvalue weighted by Gasteiger charge is -2.09. The molecule has 104 valence electrons. The monoisotopic (exact) mass is 299 g/mol. The first-order chi connectivity index (χ1) is 9.16. The van der Waals surface area contributed by atoms with Gasteiger partial charge in [-0.1, -0.05) is 13.8 Å². The average molecular weight is 300 g/mol. The van der Waals surface area contributed by atoms with Crippen molar-refractivity contribution in [3.8, 4) is 0 Å². The molecule has 0 saturated heterocycles.